The van der Waals surface area contributed by atoms with Crippen molar-refractivity contribution in [2.24, 2.45) is 0 Å². The molecule has 0 aliphatic carbocycles. The van der Waals surface area contributed by atoms with Crippen molar-refractivity contribution in [2.45, 2.75) is 0 Å². The van der Waals surface area contributed by atoms with Gasteiger partial charge in [0.25, 0.3) is 5.69 Å². The average Bonchev–Trinajstić information content (AvgIpc) is 3.15. The Morgan fingerprint density at radius 1 is 1.32 bits per heavy atom. The van der Waals surface area contributed by atoms with Gasteiger partial charge in [-0.2, -0.15) is 5.26 Å². The smallest absolute Gasteiger partial charge is 0.270 e. The summed E-state index contributed by atoms with van der Waals surface area (Å²) in [5, 5.41) is 23.8. The molecule has 9 heteroatoms. The van der Waals surface area contributed by atoms with E-state index in [-0.39, 0.29) is 11.3 Å². The second kappa shape index (κ2) is 8.40. The van der Waals surface area contributed by atoms with Crippen LogP contribution >= 0.6 is 34.5 Å². The highest BCUT2D eigenvalue weighted by Gasteiger charge is 2.15. The molecule has 0 bridgehead atoms. The predicted octanol–water partition coefficient (Wildman–Crippen LogP) is 6.10. The summed E-state index contributed by atoms with van der Waals surface area (Å²) < 4.78 is 5.24. The van der Waals surface area contributed by atoms with Gasteiger partial charge in [-0.15, -0.1) is 11.3 Å². The zero-order valence-electron chi connectivity index (χ0n) is 14.3. The van der Waals surface area contributed by atoms with E-state index in [9.17, 15) is 15.4 Å². The van der Waals surface area contributed by atoms with Crippen molar-refractivity contribution in [1.82, 2.24) is 4.98 Å². The number of rotatable bonds is 5. The molecule has 3 rings (SSSR count). The van der Waals surface area contributed by atoms with Crippen LogP contribution in [-0.2, 0) is 0 Å². The minimum Gasteiger partial charge on any atom is -0.496 e. The lowest BCUT2D eigenvalue weighted by molar-refractivity contribution is -0.384. The Hall–Kier alpha value is -2.92. The molecule has 0 fully saturated rings. The summed E-state index contributed by atoms with van der Waals surface area (Å²) in [6.07, 6.45) is 1.51. The fourth-order valence-corrected chi connectivity index (χ4v) is 3.75. The van der Waals surface area contributed by atoms with E-state index in [1.165, 1.54) is 42.7 Å². The summed E-state index contributed by atoms with van der Waals surface area (Å²) in [7, 11) is 1.45. The molecule has 0 amide bonds. The minimum atomic E-state index is -0.507. The van der Waals surface area contributed by atoms with Crippen molar-refractivity contribution in [3.8, 4) is 23.1 Å². The molecule has 0 saturated heterocycles. The van der Waals surface area contributed by atoms with Crippen LogP contribution in [0, 0.1) is 21.4 Å². The molecule has 6 nitrogen and oxygen atoms in total. The SMILES string of the molecule is COc1ccc([N+](=O)[O-])cc1/C=C(\C#N)c1nc(-c2ccc(Cl)cc2Cl)cs1. The van der Waals surface area contributed by atoms with Crippen molar-refractivity contribution in [3.05, 3.63) is 72.5 Å². The highest BCUT2D eigenvalue weighted by Crippen LogP contribution is 2.34. The van der Waals surface area contributed by atoms with E-state index in [0.29, 0.717) is 37.6 Å². The number of aromatic nitrogens is 1. The summed E-state index contributed by atoms with van der Waals surface area (Å²) in [6.45, 7) is 0. The average molecular weight is 432 g/mol. The summed E-state index contributed by atoms with van der Waals surface area (Å²) in [6, 6.07) is 11.3. The van der Waals surface area contributed by atoms with E-state index >= 15 is 0 Å². The summed E-state index contributed by atoms with van der Waals surface area (Å²) in [5.74, 6) is 0.413. The number of benzene rings is 2. The van der Waals surface area contributed by atoms with Gasteiger partial charge in [0, 0.05) is 33.7 Å². The third-order valence-corrected chi connectivity index (χ3v) is 5.21. The summed E-state index contributed by atoms with van der Waals surface area (Å²) in [5.41, 5.74) is 1.86. The minimum absolute atomic E-state index is 0.0999. The van der Waals surface area contributed by atoms with Gasteiger partial charge in [0.15, 0.2) is 0 Å². The van der Waals surface area contributed by atoms with Gasteiger partial charge in [-0.25, -0.2) is 4.98 Å². The molecule has 0 aliphatic heterocycles. The van der Waals surface area contributed by atoms with Crippen molar-refractivity contribution < 1.29 is 9.66 Å². The van der Waals surface area contributed by atoms with E-state index in [1.54, 1.807) is 23.6 Å². The van der Waals surface area contributed by atoms with Gasteiger partial charge >= 0.3 is 0 Å². The second-order valence-electron chi connectivity index (χ2n) is 5.52. The lowest BCUT2D eigenvalue weighted by atomic mass is 10.1. The Labute approximate surface area is 174 Å². The normalized spacial score (nSPS) is 11.1. The van der Waals surface area contributed by atoms with Crippen LogP contribution in [-0.4, -0.2) is 17.0 Å². The number of hydrogen-bond acceptors (Lipinski definition) is 6. The van der Waals surface area contributed by atoms with E-state index in [1.807, 2.05) is 0 Å². The number of methoxy groups -OCH3 is 1. The Bertz CT molecular complexity index is 1140. The molecule has 0 unspecified atom stereocenters. The van der Waals surface area contributed by atoms with Crippen LogP contribution in [0.25, 0.3) is 22.9 Å². The molecule has 0 N–H and O–H groups in total. The molecule has 2 aromatic carbocycles. The van der Waals surface area contributed by atoms with Crippen LogP contribution < -0.4 is 4.74 Å². The van der Waals surface area contributed by atoms with Crippen molar-refractivity contribution in [1.29, 1.82) is 5.26 Å². The van der Waals surface area contributed by atoms with E-state index < -0.39 is 4.92 Å². The highest BCUT2D eigenvalue weighted by atomic mass is 35.5. The van der Waals surface area contributed by atoms with E-state index in [2.05, 4.69) is 11.1 Å². The molecule has 1 aromatic heterocycles. The first-order chi connectivity index (χ1) is 13.4. The monoisotopic (exact) mass is 431 g/mol. The standard InChI is InChI=1S/C19H11Cl2N3O3S/c1-27-18-5-3-14(24(25)26)7-11(18)6-12(9-22)19-23-17(10-28-19)15-4-2-13(20)8-16(15)21/h2-8,10H,1H3/b12-6+. The highest BCUT2D eigenvalue weighted by molar-refractivity contribution is 7.11. The molecule has 1 heterocycles. The van der Waals surface area contributed by atoms with Gasteiger partial charge in [-0.1, -0.05) is 23.2 Å². The predicted molar refractivity (Wildman–Crippen MR) is 111 cm³/mol. The Morgan fingerprint density at radius 3 is 2.75 bits per heavy atom. The maximum Gasteiger partial charge on any atom is 0.270 e. The molecular formula is C19H11Cl2N3O3S. The van der Waals surface area contributed by atoms with Crippen LogP contribution in [0.3, 0.4) is 0 Å². The molecule has 140 valence electrons. The van der Waals surface area contributed by atoms with Gasteiger partial charge in [0.2, 0.25) is 0 Å². The Kier molecular flexibility index (Phi) is 5.95. The quantitative estimate of drug-likeness (QED) is 0.276. The molecule has 0 spiro atoms. The first kappa shape index (κ1) is 19.8. The fraction of sp³-hybridized carbons (Fsp3) is 0.0526. The first-order valence-corrected chi connectivity index (χ1v) is 9.42. The topological polar surface area (TPSA) is 89.0 Å². The molecule has 3 aromatic rings. The number of nitriles is 1. The van der Waals surface area contributed by atoms with Gasteiger partial charge in [-0.3, -0.25) is 10.1 Å². The van der Waals surface area contributed by atoms with Gasteiger partial charge < -0.3 is 4.74 Å². The molecule has 28 heavy (non-hydrogen) atoms. The number of ether oxygens (including phenoxy) is 1. The van der Waals surface area contributed by atoms with Crippen LogP contribution in [0.5, 0.6) is 5.75 Å². The molecule has 0 saturated carbocycles. The maximum absolute atomic E-state index is 11.0. The Morgan fingerprint density at radius 2 is 2.11 bits per heavy atom. The molecular weight excluding hydrogens is 421 g/mol. The molecule has 0 aliphatic rings. The number of nitrogens with zero attached hydrogens (tertiary/aromatic N) is 3. The zero-order valence-corrected chi connectivity index (χ0v) is 16.7. The van der Waals surface area contributed by atoms with E-state index in [0.717, 1.165) is 0 Å². The number of halogens is 2. The Balaban J connectivity index is 2.03. The van der Waals surface area contributed by atoms with Crippen LogP contribution in [0.4, 0.5) is 5.69 Å². The first-order valence-electron chi connectivity index (χ1n) is 7.78. The van der Waals surface area contributed by atoms with Gasteiger partial charge in [0.05, 0.1) is 28.3 Å². The largest absolute Gasteiger partial charge is 0.496 e. The van der Waals surface area contributed by atoms with Crippen LogP contribution in [0.2, 0.25) is 10.0 Å². The lowest BCUT2D eigenvalue weighted by Crippen LogP contribution is -1.92. The number of non-ortho nitro benzene ring substituents is 1. The van der Waals surface area contributed by atoms with Gasteiger partial charge in [-0.05, 0) is 30.3 Å². The summed E-state index contributed by atoms with van der Waals surface area (Å²) >= 11 is 13.4. The van der Waals surface area contributed by atoms with Crippen LogP contribution in [0.1, 0.15) is 10.6 Å². The number of thiazole rings is 1. The van der Waals surface area contributed by atoms with Crippen molar-refractivity contribution in [2.75, 3.05) is 7.11 Å². The molecule has 0 radical (unpaired) electrons. The number of nitro groups is 1. The molecule has 0 atom stereocenters. The van der Waals surface area contributed by atoms with Gasteiger partial charge in [0.1, 0.15) is 16.8 Å². The van der Waals surface area contributed by atoms with Crippen molar-refractivity contribution >= 4 is 51.9 Å². The lowest BCUT2D eigenvalue weighted by Gasteiger charge is -2.05. The maximum atomic E-state index is 11.0. The number of hydrogen-bond donors (Lipinski definition) is 0. The van der Waals surface area contributed by atoms with E-state index in [4.69, 9.17) is 27.9 Å². The number of allylic oxidation sites excluding steroid dienone is 1. The zero-order chi connectivity index (χ0) is 20.3. The van der Waals surface area contributed by atoms with Crippen molar-refractivity contribution in [3.63, 3.8) is 0 Å². The summed E-state index contributed by atoms with van der Waals surface area (Å²) in [4.78, 5) is 15.0. The third-order valence-electron chi connectivity index (χ3n) is 3.79. The fourth-order valence-electron chi connectivity index (χ4n) is 2.46. The third kappa shape index (κ3) is 4.15. The second-order valence-corrected chi connectivity index (χ2v) is 7.22. The number of nitro benzene ring substituents is 1. The van der Waals surface area contributed by atoms with Crippen LogP contribution in [0.15, 0.2) is 41.8 Å².